The summed E-state index contributed by atoms with van der Waals surface area (Å²) < 4.78 is 7.12. The van der Waals surface area contributed by atoms with E-state index in [4.69, 9.17) is 4.74 Å². The summed E-state index contributed by atoms with van der Waals surface area (Å²) in [6, 6.07) is 9.66. The van der Waals surface area contributed by atoms with Crippen LogP contribution >= 0.6 is 0 Å². The van der Waals surface area contributed by atoms with E-state index in [-0.39, 0.29) is 5.78 Å². The Bertz CT molecular complexity index is 622. The van der Waals surface area contributed by atoms with Crippen LogP contribution in [0.2, 0.25) is 0 Å². The fourth-order valence-corrected chi connectivity index (χ4v) is 2.08. The molecule has 1 aromatic carbocycles. The molecular formula is C16H20N2O2. The molecule has 1 heterocycles. The first-order chi connectivity index (χ1) is 9.36. The molecule has 1 aromatic heterocycles. The molecule has 0 amide bonds. The highest BCUT2D eigenvalue weighted by Gasteiger charge is 2.31. The van der Waals surface area contributed by atoms with Gasteiger partial charge in [-0.2, -0.15) is 5.10 Å². The van der Waals surface area contributed by atoms with Crippen molar-refractivity contribution >= 4 is 5.78 Å². The number of benzene rings is 1. The van der Waals surface area contributed by atoms with Gasteiger partial charge in [0.15, 0.2) is 5.78 Å². The molecule has 0 aliphatic rings. The number of nitrogens with zero attached hydrogens (tertiary/aromatic N) is 2. The second-order valence-corrected chi connectivity index (χ2v) is 5.80. The highest BCUT2D eigenvalue weighted by molar-refractivity contribution is 6.02. The van der Waals surface area contributed by atoms with E-state index < -0.39 is 5.41 Å². The summed E-state index contributed by atoms with van der Waals surface area (Å²) >= 11 is 0. The number of hydrogen-bond acceptors (Lipinski definition) is 3. The Hall–Kier alpha value is -2.10. The lowest BCUT2D eigenvalue weighted by Crippen LogP contribution is -2.21. The van der Waals surface area contributed by atoms with E-state index in [9.17, 15) is 4.79 Å². The Morgan fingerprint density at radius 1 is 1.20 bits per heavy atom. The van der Waals surface area contributed by atoms with Crippen LogP contribution in [0.25, 0.3) is 5.69 Å². The van der Waals surface area contributed by atoms with Gasteiger partial charge in [0.05, 0.1) is 18.5 Å². The number of methoxy groups -OCH3 is 1. The molecule has 4 nitrogen and oxygen atoms in total. The maximum absolute atomic E-state index is 12.6. The lowest BCUT2D eigenvalue weighted by molar-refractivity contribution is 0.0854. The van der Waals surface area contributed by atoms with Crippen LogP contribution in [-0.4, -0.2) is 22.7 Å². The van der Waals surface area contributed by atoms with Crippen LogP contribution in [0.5, 0.6) is 5.88 Å². The van der Waals surface area contributed by atoms with E-state index in [0.717, 1.165) is 5.69 Å². The number of rotatable bonds is 3. The van der Waals surface area contributed by atoms with Gasteiger partial charge in [-0.15, -0.1) is 0 Å². The molecule has 0 saturated heterocycles. The Labute approximate surface area is 119 Å². The van der Waals surface area contributed by atoms with Gasteiger partial charge in [-0.25, -0.2) is 4.68 Å². The molecule has 0 fully saturated rings. The number of carbonyl (C=O) groups is 1. The first kappa shape index (κ1) is 14.3. The minimum absolute atomic E-state index is 0.0361. The van der Waals surface area contributed by atoms with Crippen LogP contribution in [0.4, 0.5) is 0 Å². The van der Waals surface area contributed by atoms with Crippen molar-refractivity contribution < 1.29 is 9.53 Å². The summed E-state index contributed by atoms with van der Waals surface area (Å²) in [6.45, 7) is 7.52. The van der Waals surface area contributed by atoms with Crippen LogP contribution in [0.3, 0.4) is 0 Å². The van der Waals surface area contributed by atoms with Gasteiger partial charge in [0, 0.05) is 5.41 Å². The number of para-hydroxylation sites is 1. The monoisotopic (exact) mass is 272 g/mol. The largest absolute Gasteiger partial charge is 0.480 e. The third-order valence-corrected chi connectivity index (χ3v) is 3.12. The standard InChI is InChI=1S/C16H20N2O2/c1-11-13(14(19)16(2,3)4)15(20-5)18(17-11)12-9-7-6-8-10-12/h6-10H,1-5H3. The summed E-state index contributed by atoms with van der Waals surface area (Å²) in [6.07, 6.45) is 0. The molecular weight excluding hydrogens is 252 g/mol. The van der Waals surface area contributed by atoms with Crippen molar-refractivity contribution in [1.82, 2.24) is 9.78 Å². The molecule has 0 aliphatic carbocycles. The Morgan fingerprint density at radius 2 is 1.80 bits per heavy atom. The number of aromatic nitrogens is 2. The summed E-state index contributed by atoms with van der Waals surface area (Å²) in [4.78, 5) is 12.6. The second kappa shape index (κ2) is 5.12. The van der Waals surface area contributed by atoms with Gasteiger partial charge in [-0.05, 0) is 19.1 Å². The fraction of sp³-hybridized carbons (Fsp3) is 0.375. The van der Waals surface area contributed by atoms with Crippen LogP contribution < -0.4 is 4.74 Å². The van der Waals surface area contributed by atoms with E-state index in [1.807, 2.05) is 58.0 Å². The molecule has 2 aromatic rings. The van der Waals surface area contributed by atoms with Gasteiger partial charge in [0.25, 0.3) is 0 Å². The molecule has 0 aliphatic heterocycles. The SMILES string of the molecule is COc1c(C(=O)C(C)(C)C)c(C)nn1-c1ccccc1. The molecule has 0 atom stereocenters. The molecule has 0 spiro atoms. The zero-order valence-electron chi connectivity index (χ0n) is 12.6. The first-order valence-electron chi connectivity index (χ1n) is 6.60. The predicted molar refractivity (Wildman–Crippen MR) is 78.6 cm³/mol. The number of Topliss-reactive ketones (excluding diaryl/α,β-unsaturated/α-hetero) is 1. The zero-order valence-corrected chi connectivity index (χ0v) is 12.6. The number of hydrogen-bond donors (Lipinski definition) is 0. The van der Waals surface area contributed by atoms with Gasteiger partial charge in [-0.1, -0.05) is 39.0 Å². The number of ether oxygens (including phenoxy) is 1. The molecule has 2 rings (SSSR count). The quantitative estimate of drug-likeness (QED) is 0.804. The van der Waals surface area contributed by atoms with Crippen molar-refractivity contribution in [3.8, 4) is 11.6 Å². The van der Waals surface area contributed by atoms with Gasteiger partial charge < -0.3 is 4.74 Å². The Kier molecular flexibility index (Phi) is 3.66. The molecule has 0 saturated carbocycles. The first-order valence-corrected chi connectivity index (χ1v) is 6.60. The fourth-order valence-electron chi connectivity index (χ4n) is 2.08. The maximum atomic E-state index is 12.6. The van der Waals surface area contributed by atoms with Crippen molar-refractivity contribution in [1.29, 1.82) is 0 Å². The molecule has 0 radical (unpaired) electrons. The molecule has 4 heteroatoms. The van der Waals surface area contributed by atoms with Crippen LogP contribution in [-0.2, 0) is 0 Å². The highest BCUT2D eigenvalue weighted by Crippen LogP contribution is 2.31. The van der Waals surface area contributed by atoms with Crippen molar-refractivity contribution in [2.24, 2.45) is 5.41 Å². The number of carbonyl (C=O) groups excluding carboxylic acids is 1. The lowest BCUT2D eigenvalue weighted by atomic mass is 9.86. The van der Waals surface area contributed by atoms with Gasteiger partial charge in [-0.3, -0.25) is 4.79 Å². The predicted octanol–water partition coefficient (Wildman–Crippen LogP) is 3.42. The minimum atomic E-state index is -0.470. The summed E-state index contributed by atoms with van der Waals surface area (Å²) in [5, 5.41) is 4.46. The van der Waals surface area contributed by atoms with E-state index in [2.05, 4.69) is 5.10 Å². The Balaban J connectivity index is 2.62. The molecule has 0 unspecified atom stereocenters. The van der Waals surface area contributed by atoms with Gasteiger partial charge >= 0.3 is 0 Å². The van der Waals surface area contributed by atoms with Crippen molar-refractivity contribution in [3.05, 3.63) is 41.6 Å². The lowest BCUT2D eigenvalue weighted by Gasteiger charge is -2.17. The van der Waals surface area contributed by atoms with E-state index >= 15 is 0 Å². The van der Waals surface area contributed by atoms with Gasteiger partial charge in [0.1, 0.15) is 5.56 Å². The Morgan fingerprint density at radius 3 is 2.30 bits per heavy atom. The number of aryl methyl sites for hydroxylation is 1. The summed E-state index contributed by atoms with van der Waals surface area (Å²) in [5.41, 5.74) is 1.65. The third-order valence-electron chi connectivity index (χ3n) is 3.12. The molecule has 0 N–H and O–H groups in total. The van der Waals surface area contributed by atoms with E-state index in [1.54, 1.807) is 11.8 Å². The third kappa shape index (κ3) is 2.46. The maximum Gasteiger partial charge on any atom is 0.227 e. The molecule has 106 valence electrons. The molecule has 20 heavy (non-hydrogen) atoms. The van der Waals surface area contributed by atoms with Crippen LogP contribution in [0, 0.1) is 12.3 Å². The average molecular weight is 272 g/mol. The summed E-state index contributed by atoms with van der Waals surface area (Å²) in [5.74, 6) is 0.530. The smallest absolute Gasteiger partial charge is 0.227 e. The molecule has 0 bridgehead atoms. The van der Waals surface area contributed by atoms with Gasteiger partial charge in [0.2, 0.25) is 5.88 Å². The average Bonchev–Trinajstić information content (AvgIpc) is 2.74. The van der Waals surface area contributed by atoms with E-state index in [0.29, 0.717) is 17.1 Å². The van der Waals surface area contributed by atoms with Crippen molar-refractivity contribution in [3.63, 3.8) is 0 Å². The number of ketones is 1. The van der Waals surface area contributed by atoms with Crippen LogP contribution in [0.1, 0.15) is 36.8 Å². The zero-order chi connectivity index (χ0) is 14.9. The van der Waals surface area contributed by atoms with Crippen LogP contribution in [0.15, 0.2) is 30.3 Å². The second-order valence-electron chi connectivity index (χ2n) is 5.80. The van der Waals surface area contributed by atoms with Crippen molar-refractivity contribution in [2.75, 3.05) is 7.11 Å². The summed E-state index contributed by atoms with van der Waals surface area (Å²) in [7, 11) is 1.56. The topological polar surface area (TPSA) is 44.1 Å². The minimum Gasteiger partial charge on any atom is -0.480 e. The van der Waals surface area contributed by atoms with E-state index in [1.165, 1.54) is 0 Å². The highest BCUT2D eigenvalue weighted by atomic mass is 16.5. The van der Waals surface area contributed by atoms with Crippen molar-refractivity contribution in [2.45, 2.75) is 27.7 Å². The normalized spacial score (nSPS) is 11.4.